The van der Waals surface area contributed by atoms with Crippen molar-refractivity contribution >= 4 is 15.9 Å². The average molecular weight is 299 g/mol. The Morgan fingerprint density at radius 3 is 2.90 bits per heavy atom. The van der Waals surface area contributed by atoms with Gasteiger partial charge in [0.15, 0.2) is 0 Å². The lowest BCUT2D eigenvalue weighted by Gasteiger charge is -2.31. The summed E-state index contributed by atoms with van der Waals surface area (Å²) in [7, 11) is -3.58. The first-order valence-electron chi connectivity index (χ1n) is 6.89. The van der Waals surface area contributed by atoms with E-state index >= 15 is 0 Å². The molecule has 2 N–H and O–H groups in total. The van der Waals surface area contributed by atoms with Gasteiger partial charge in [-0.15, -0.1) is 0 Å². The maximum Gasteiger partial charge on any atom is 0.270 e. The molecule has 7 heteroatoms. The molecule has 1 aliphatic heterocycles. The number of aryl methyl sites for hydroxylation is 1. The molecule has 1 atom stereocenters. The maximum atomic E-state index is 12.5. The van der Waals surface area contributed by atoms with Gasteiger partial charge < -0.3 is 9.47 Å². The minimum Gasteiger partial charge on any atom is -0.344 e. The van der Waals surface area contributed by atoms with E-state index < -0.39 is 15.3 Å². The van der Waals surface area contributed by atoms with Crippen molar-refractivity contribution in [2.45, 2.75) is 38.0 Å². The zero-order valence-corrected chi connectivity index (χ0v) is 12.5. The van der Waals surface area contributed by atoms with Crippen molar-refractivity contribution in [3.63, 3.8) is 0 Å². The summed E-state index contributed by atoms with van der Waals surface area (Å²) in [5, 5.41) is 4.55. The van der Waals surface area contributed by atoms with Crippen LogP contribution in [0.15, 0.2) is 18.3 Å². The molecule has 1 amide bonds. The molecule has 1 aromatic heterocycles. The van der Waals surface area contributed by atoms with Crippen LogP contribution >= 0.6 is 0 Å². The highest BCUT2D eigenvalue weighted by Crippen LogP contribution is 2.18. The van der Waals surface area contributed by atoms with E-state index in [4.69, 9.17) is 5.14 Å². The molecule has 2 rings (SSSR count). The van der Waals surface area contributed by atoms with E-state index in [1.165, 1.54) is 0 Å². The van der Waals surface area contributed by atoms with Crippen molar-refractivity contribution in [3.05, 3.63) is 24.0 Å². The number of primary sulfonamides is 1. The lowest BCUT2D eigenvalue weighted by molar-refractivity contribution is 0.0716. The zero-order valence-electron chi connectivity index (χ0n) is 11.7. The quantitative estimate of drug-likeness (QED) is 0.892. The van der Waals surface area contributed by atoms with Crippen molar-refractivity contribution in [2.75, 3.05) is 13.1 Å². The van der Waals surface area contributed by atoms with Gasteiger partial charge in [0.05, 0.1) is 5.25 Å². The second kappa shape index (κ2) is 5.97. The molecule has 1 aliphatic rings. The van der Waals surface area contributed by atoms with Crippen molar-refractivity contribution in [3.8, 4) is 0 Å². The van der Waals surface area contributed by atoms with E-state index in [-0.39, 0.29) is 12.5 Å². The van der Waals surface area contributed by atoms with Crippen molar-refractivity contribution in [1.82, 2.24) is 9.47 Å². The Morgan fingerprint density at radius 1 is 1.50 bits per heavy atom. The van der Waals surface area contributed by atoms with Gasteiger partial charge in [-0.05, 0) is 31.4 Å². The molecule has 0 radical (unpaired) electrons. The Morgan fingerprint density at radius 2 is 2.25 bits per heavy atom. The van der Waals surface area contributed by atoms with E-state index in [0.717, 1.165) is 13.0 Å². The van der Waals surface area contributed by atoms with Gasteiger partial charge in [-0.3, -0.25) is 4.79 Å². The minimum atomic E-state index is -3.58. The van der Waals surface area contributed by atoms with Crippen LogP contribution in [0, 0.1) is 0 Å². The summed E-state index contributed by atoms with van der Waals surface area (Å²) >= 11 is 0. The van der Waals surface area contributed by atoms with Crippen LogP contribution in [0.2, 0.25) is 0 Å². The lowest BCUT2D eigenvalue weighted by atomic mass is 10.1. The van der Waals surface area contributed by atoms with Crippen molar-refractivity contribution in [1.29, 1.82) is 0 Å². The Hall–Kier alpha value is -1.34. The highest BCUT2D eigenvalue weighted by atomic mass is 32.2. The molecule has 1 aromatic rings. The molecular formula is C13H21N3O3S. The first-order valence-corrected chi connectivity index (χ1v) is 8.50. The third-order valence-corrected chi connectivity index (χ3v) is 4.96. The molecule has 1 saturated heterocycles. The highest BCUT2D eigenvalue weighted by Gasteiger charge is 2.31. The third-order valence-electron chi connectivity index (χ3n) is 3.64. The molecule has 0 aromatic carbocycles. The van der Waals surface area contributed by atoms with Crippen LogP contribution in [0.4, 0.5) is 0 Å². The lowest BCUT2D eigenvalue weighted by Crippen LogP contribution is -2.47. The Balaban J connectivity index is 2.14. The van der Waals surface area contributed by atoms with E-state index in [0.29, 0.717) is 25.1 Å². The predicted octanol–water partition coefficient (Wildman–Crippen LogP) is 0.791. The van der Waals surface area contributed by atoms with Crippen LogP contribution in [-0.4, -0.2) is 42.1 Å². The van der Waals surface area contributed by atoms with Gasteiger partial charge >= 0.3 is 0 Å². The Kier molecular flexibility index (Phi) is 4.49. The SMILES string of the molecule is CCCn1cccc1C(=O)N1CCCC(S(N)(=O)=O)C1. The molecule has 1 unspecified atom stereocenters. The largest absolute Gasteiger partial charge is 0.344 e. The summed E-state index contributed by atoms with van der Waals surface area (Å²) in [4.78, 5) is 14.1. The summed E-state index contributed by atoms with van der Waals surface area (Å²) in [5.74, 6) is -0.114. The normalized spacial score (nSPS) is 20.1. The number of hydrogen-bond acceptors (Lipinski definition) is 3. The summed E-state index contributed by atoms with van der Waals surface area (Å²) in [6.07, 6.45) is 4.01. The number of sulfonamides is 1. The van der Waals surface area contributed by atoms with Crippen LogP contribution in [0.1, 0.15) is 36.7 Å². The van der Waals surface area contributed by atoms with Gasteiger partial charge in [-0.1, -0.05) is 6.92 Å². The number of rotatable bonds is 4. The number of piperidine rings is 1. The molecule has 0 saturated carbocycles. The molecule has 20 heavy (non-hydrogen) atoms. The number of amides is 1. The van der Waals surface area contributed by atoms with E-state index in [1.807, 2.05) is 23.8 Å². The number of carbonyl (C=O) groups is 1. The van der Waals surface area contributed by atoms with E-state index in [2.05, 4.69) is 0 Å². The van der Waals surface area contributed by atoms with Gasteiger partial charge in [0, 0.05) is 25.8 Å². The number of hydrogen-bond donors (Lipinski definition) is 1. The highest BCUT2D eigenvalue weighted by molar-refractivity contribution is 7.89. The summed E-state index contributed by atoms with van der Waals surface area (Å²) in [5.41, 5.74) is 0.613. The molecule has 1 fully saturated rings. The van der Waals surface area contributed by atoms with E-state index in [9.17, 15) is 13.2 Å². The van der Waals surface area contributed by atoms with Crippen LogP contribution in [-0.2, 0) is 16.6 Å². The van der Waals surface area contributed by atoms with Gasteiger partial charge in [-0.2, -0.15) is 0 Å². The van der Waals surface area contributed by atoms with E-state index in [1.54, 1.807) is 11.0 Å². The molecular weight excluding hydrogens is 278 g/mol. The number of nitrogens with zero attached hydrogens (tertiary/aromatic N) is 2. The third kappa shape index (κ3) is 3.21. The molecule has 6 nitrogen and oxygen atoms in total. The fourth-order valence-electron chi connectivity index (χ4n) is 2.60. The fraction of sp³-hybridized carbons (Fsp3) is 0.615. The van der Waals surface area contributed by atoms with Crippen LogP contribution < -0.4 is 5.14 Å². The molecule has 0 aliphatic carbocycles. The van der Waals surface area contributed by atoms with Gasteiger partial charge in [-0.25, -0.2) is 13.6 Å². The molecule has 0 bridgehead atoms. The number of carbonyl (C=O) groups excluding carboxylic acids is 1. The van der Waals surface area contributed by atoms with Gasteiger partial charge in [0.25, 0.3) is 5.91 Å². The summed E-state index contributed by atoms with van der Waals surface area (Å²) in [6, 6.07) is 3.61. The smallest absolute Gasteiger partial charge is 0.270 e. The van der Waals surface area contributed by atoms with Crippen LogP contribution in [0.3, 0.4) is 0 Å². The minimum absolute atomic E-state index is 0.114. The molecule has 2 heterocycles. The van der Waals surface area contributed by atoms with Crippen molar-refractivity contribution < 1.29 is 13.2 Å². The number of nitrogens with two attached hydrogens (primary N) is 1. The predicted molar refractivity (Wildman–Crippen MR) is 76.8 cm³/mol. The second-order valence-corrected chi connectivity index (χ2v) is 7.04. The van der Waals surface area contributed by atoms with Crippen LogP contribution in [0.25, 0.3) is 0 Å². The second-order valence-electron chi connectivity index (χ2n) is 5.19. The Bertz CT molecular complexity index is 579. The fourth-order valence-corrected chi connectivity index (χ4v) is 3.48. The molecule has 0 spiro atoms. The average Bonchev–Trinajstić information content (AvgIpc) is 2.86. The van der Waals surface area contributed by atoms with Gasteiger partial charge in [0.1, 0.15) is 5.69 Å². The number of aromatic nitrogens is 1. The summed E-state index contributed by atoms with van der Waals surface area (Å²) < 4.78 is 24.8. The first-order chi connectivity index (χ1) is 9.43. The topological polar surface area (TPSA) is 85.4 Å². The Labute approximate surface area is 119 Å². The summed E-state index contributed by atoms with van der Waals surface area (Å²) in [6.45, 7) is 3.60. The zero-order chi connectivity index (χ0) is 14.8. The standard InChI is InChI=1S/C13H21N3O3S/c1-2-7-15-8-4-6-12(15)13(17)16-9-3-5-11(10-16)20(14,18)19/h4,6,8,11H,2-3,5,7,9-10H2,1H3,(H2,14,18,19). The van der Waals surface area contributed by atoms with Crippen molar-refractivity contribution in [2.24, 2.45) is 5.14 Å². The number of likely N-dealkylation sites (tertiary alicyclic amines) is 1. The monoisotopic (exact) mass is 299 g/mol. The van der Waals surface area contributed by atoms with Gasteiger partial charge in [0.2, 0.25) is 10.0 Å². The first kappa shape index (κ1) is 15.1. The van der Waals surface area contributed by atoms with Crippen LogP contribution in [0.5, 0.6) is 0 Å². The molecule has 112 valence electrons. The maximum absolute atomic E-state index is 12.5.